The third-order valence-corrected chi connectivity index (χ3v) is 1.52. The Morgan fingerprint density at radius 3 is 3.15 bits per heavy atom. The number of terminal acetylenes is 1. The van der Waals surface area contributed by atoms with Gasteiger partial charge < -0.3 is 5.32 Å². The van der Waals surface area contributed by atoms with Crippen LogP contribution in [0.15, 0.2) is 18.3 Å². The van der Waals surface area contributed by atoms with Crippen LogP contribution in [-0.2, 0) is 4.79 Å². The summed E-state index contributed by atoms with van der Waals surface area (Å²) in [6.45, 7) is 1.78. The van der Waals surface area contributed by atoms with Gasteiger partial charge in [0.15, 0.2) is 0 Å². The van der Waals surface area contributed by atoms with Crippen molar-refractivity contribution in [3.63, 3.8) is 0 Å². The molecule has 1 N–H and O–H groups in total. The molecule has 3 nitrogen and oxygen atoms in total. The fraction of sp³-hybridized carbons (Fsp3) is 0.200. The normalized spacial score (nSPS) is 8.92. The SMILES string of the molecule is C#Cc1ccnc(NC(=O)CC)c1. The van der Waals surface area contributed by atoms with Gasteiger partial charge in [0.1, 0.15) is 5.82 Å². The predicted molar refractivity (Wildman–Crippen MR) is 51.1 cm³/mol. The summed E-state index contributed by atoms with van der Waals surface area (Å²) < 4.78 is 0. The molecule has 0 radical (unpaired) electrons. The first kappa shape index (κ1) is 9.27. The van der Waals surface area contributed by atoms with Gasteiger partial charge >= 0.3 is 0 Å². The van der Waals surface area contributed by atoms with Crippen LogP contribution >= 0.6 is 0 Å². The van der Waals surface area contributed by atoms with E-state index in [0.29, 0.717) is 17.8 Å². The van der Waals surface area contributed by atoms with Gasteiger partial charge in [-0.3, -0.25) is 4.79 Å². The first-order chi connectivity index (χ1) is 6.26. The van der Waals surface area contributed by atoms with Gasteiger partial charge in [-0.2, -0.15) is 0 Å². The molecule has 0 bridgehead atoms. The summed E-state index contributed by atoms with van der Waals surface area (Å²) in [5, 5.41) is 2.62. The molecule has 66 valence electrons. The summed E-state index contributed by atoms with van der Waals surface area (Å²) in [5.41, 5.74) is 0.710. The molecule has 0 fully saturated rings. The van der Waals surface area contributed by atoms with Crippen LogP contribution in [0.3, 0.4) is 0 Å². The van der Waals surface area contributed by atoms with Crippen molar-refractivity contribution in [3.05, 3.63) is 23.9 Å². The molecule has 1 amide bonds. The monoisotopic (exact) mass is 174 g/mol. The van der Waals surface area contributed by atoms with E-state index < -0.39 is 0 Å². The lowest BCUT2D eigenvalue weighted by atomic mass is 10.3. The smallest absolute Gasteiger partial charge is 0.225 e. The topological polar surface area (TPSA) is 42.0 Å². The summed E-state index contributed by atoms with van der Waals surface area (Å²) in [6.07, 6.45) is 7.19. The number of carbonyl (C=O) groups excluding carboxylic acids is 1. The van der Waals surface area contributed by atoms with E-state index in [9.17, 15) is 4.79 Å². The van der Waals surface area contributed by atoms with Crippen molar-refractivity contribution in [1.82, 2.24) is 4.98 Å². The van der Waals surface area contributed by atoms with Crippen LogP contribution in [-0.4, -0.2) is 10.9 Å². The van der Waals surface area contributed by atoms with E-state index in [1.165, 1.54) is 0 Å². The highest BCUT2D eigenvalue weighted by Crippen LogP contribution is 2.05. The van der Waals surface area contributed by atoms with E-state index >= 15 is 0 Å². The second kappa shape index (κ2) is 4.27. The van der Waals surface area contributed by atoms with Gasteiger partial charge in [0.25, 0.3) is 0 Å². The number of carbonyl (C=O) groups is 1. The molecule has 1 rings (SSSR count). The van der Waals surface area contributed by atoms with Gasteiger partial charge in [0, 0.05) is 18.2 Å². The number of rotatable bonds is 2. The highest BCUT2D eigenvalue weighted by Gasteiger charge is 1.99. The molecule has 0 atom stereocenters. The standard InChI is InChI=1S/C10H10N2O/c1-3-8-5-6-11-9(7-8)12-10(13)4-2/h1,5-7H,4H2,2H3,(H,11,12,13). The summed E-state index contributed by atoms with van der Waals surface area (Å²) in [5.74, 6) is 2.90. The first-order valence-electron chi connectivity index (χ1n) is 3.98. The van der Waals surface area contributed by atoms with Crippen molar-refractivity contribution in [2.45, 2.75) is 13.3 Å². The van der Waals surface area contributed by atoms with Crippen LogP contribution in [0.1, 0.15) is 18.9 Å². The van der Waals surface area contributed by atoms with Crippen molar-refractivity contribution in [3.8, 4) is 12.3 Å². The summed E-state index contributed by atoms with van der Waals surface area (Å²) in [4.78, 5) is 14.9. The summed E-state index contributed by atoms with van der Waals surface area (Å²) >= 11 is 0. The van der Waals surface area contributed by atoms with Crippen molar-refractivity contribution < 1.29 is 4.79 Å². The molecule has 0 aliphatic rings. The minimum atomic E-state index is -0.0679. The summed E-state index contributed by atoms with van der Waals surface area (Å²) in [6, 6.07) is 3.37. The zero-order valence-corrected chi connectivity index (χ0v) is 7.37. The molecular weight excluding hydrogens is 164 g/mol. The molecular formula is C10H10N2O. The molecule has 3 heteroatoms. The van der Waals surface area contributed by atoms with Crippen molar-refractivity contribution in [2.75, 3.05) is 5.32 Å². The Kier molecular flexibility index (Phi) is 3.04. The van der Waals surface area contributed by atoms with Gasteiger partial charge in [-0.15, -0.1) is 6.42 Å². The Bertz CT molecular complexity index is 352. The van der Waals surface area contributed by atoms with E-state index in [2.05, 4.69) is 16.2 Å². The number of aromatic nitrogens is 1. The maximum atomic E-state index is 11.0. The quantitative estimate of drug-likeness (QED) is 0.689. The molecule has 0 spiro atoms. The number of hydrogen-bond acceptors (Lipinski definition) is 2. The Hall–Kier alpha value is -1.82. The first-order valence-corrected chi connectivity index (χ1v) is 3.98. The van der Waals surface area contributed by atoms with Crippen molar-refractivity contribution >= 4 is 11.7 Å². The molecule has 1 aromatic rings. The van der Waals surface area contributed by atoms with Gasteiger partial charge in [-0.25, -0.2) is 4.98 Å². The molecule has 1 heterocycles. The maximum absolute atomic E-state index is 11.0. The zero-order valence-electron chi connectivity index (χ0n) is 7.37. The van der Waals surface area contributed by atoms with Gasteiger partial charge in [0.2, 0.25) is 5.91 Å². The molecule has 0 saturated heterocycles. The highest BCUT2D eigenvalue weighted by molar-refractivity contribution is 5.89. The lowest BCUT2D eigenvalue weighted by Gasteiger charge is -2.01. The van der Waals surface area contributed by atoms with Gasteiger partial charge in [-0.1, -0.05) is 12.8 Å². The van der Waals surface area contributed by atoms with E-state index in [1.807, 2.05) is 0 Å². The molecule has 1 aromatic heterocycles. The minimum Gasteiger partial charge on any atom is -0.311 e. The average molecular weight is 174 g/mol. The molecule has 13 heavy (non-hydrogen) atoms. The van der Waals surface area contributed by atoms with Crippen LogP contribution in [0.5, 0.6) is 0 Å². The summed E-state index contributed by atoms with van der Waals surface area (Å²) in [7, 11) is 0. The molecule has 0 saturated carbocycles. The average Bonchev–Trinajstić information content (AvgIpc) is 2.18. The van der Waals surface area contributed by atoms with E-state index in [4.69, 9.17) is 6.42 Å². The Labute approximate surface area is 77.2 Å². The Balaban J connectivity index is 2.79. The predicted octanol–water partition coefficient (Wildman–Crippen LogP) is 1.41. The second-order valence-electron chi connectivity index (χ2n) is 2.48. The maximum Gasteiger partial charge on any atom is 0.225 e. The number of anilines is 1. The lowest BCUT2D eigenvalue weighted by molar-refractivity contribution is -0.115. The van der Waals surface area contributed by atoms with E-state index in [0.717, 1.165) is 0 Å². The molecule has 0 unspecified atom stereocenters. The van der Waals surface area contributed by atoms with E-state index in [-0.39, 0.29) is 5.91 Å². The molecule has 0 aromatic carbocycles. The zero-order chi connectivity index (χ0) is 9.68. The van der Waals surface area contributed by atoms with Crippen LogP contribution in [0.25, 0.3) is 0 Å². The Morgan fingerprint density at radius 2 is 2.54 bits per heavy atom. The van der Waals surface area contributed by atoms with Gasteiger partial charge in [-0.05, 0) is 12.1 Å². The second-order valence-corrected chi connectivity index (χ2v) is 2.48. The lowest BCUT2D eigenvalue weighted by Crippen LogP contribution is -2.10. The number of nitrogens with one attached hydrogen (secondary N) is 1. The van der Waals surface area contributed by atoms with Crippen LogP contribution in [0.4, 0.5) is 5.82 Å². The number of nitrogens with zero attached hydrogens (tertiary/aromatic N) is 1. The fourth-order valence-corrected chi connectivity index (χ4v) is 0.820. The highest BCUT2D eigenvalue weighted by atomic mass is 16.1. The molecule has 0 aliphatic carbocycles. The number of amides is 1. The molecule has 0 aliphatic heterocycles. The van der Waals surface area contributed by atoms with Crippen molar-refractivity contribution in [1.29, 1.82) is 0 Å². The van der Waals surface area contributed by atoms with Crippen LogP contribution < -0.4 is 5.32 Å². The van der Waals surface area contributed by atoms with Gasteiger partial charge in [0.05, 0.1) is 0 Å². The van der Waals surface area contributed by atoms with Crippen LogP contribution in [0.2, 0.25) is 0 Å². The minimum absolute atomic E-state index is 0.0679. The third kappa shape index (κ3) is 2.60. The number of pyridine rings is 1. The Morgan fingerprint density at radius 1 is 1.77 bits per heavy atom. The van der Waals surface area contributed by atoms with E-state index in [1.54, 1.807) is 25.3 Å². The number of hydrogen-bond donors (Lipinski definition) is 1. The van der Waals surface area contributed by atoms with Crippen LogP contribution in [0, 0.1) is 12.3 Å². The largest absolute Gasteiger partial charge is 0.311 e. The third-order valence-electron chi connectivity index (χ3n) is 1.52. The fourth-order valence-electron chi connectivity index (χ4n) is 0.820. The van der Waals surface area contributed by atoms with Crippen molar-refractivity contribution in [2.24, 2.45) is 0 Å².